The topological polar surface area (TPSA) is 43.4 Å². The van der Waals surface area contributed by atoms with Gasteiger partial charge in [0.1, 0.15) is 6.10 Å². The third-order valence-corrected chi connectivity index (χ3v) is 7.84. The molecule has 4 aliphatic rings. The Labute approximate surface area is 150 Å². The van der Waals surface area contributed by atoms with E-state index in [1.165, 1.54) is 31.8 Å². The first kappa shape index (κ1) is 16.9. The van der Waals surface area contributed by atoms with E-state index in [0.717, 1.165) is 25.7 Å². The molecule has 0 amide bonds. The average Bonchev–Trinajstić information content (AvgIpc) is 2.90. The van der Waals surface area contributed by atoms with Gasteiger partial charge in [-0.1, -0.05) is 18.4 Å². The van der Waals surface area contributed by atoms with Crippen LogP contribution in [0.2, 0.25) is 0 Å². The molecule has 3 fully saturated rings. The number of allylic oxidation sites excluding steroid dienone is 1. The highest BCUT2D eigenvalue weighted by atomic mass is 16.5. The number of esters is 1. The Morgan fingerprint density at radius 2 is 2.08 bits per heavy atom. The Morgan fingerprint density at radius 3 is 2.80 bits per heavy atom. The first-order valence-corrected chi connectivity index (χ1v) is 9.81. The molecule has 0 aromatic carbocycles. The van der Waals surface area contributed by atoms with E-state index in [2.05, 4.69) is 12.8 Å². The van der Waals surface area contributed by atoms with E-state index < -0.39 is 0 Å². The first-order chi connectivity index (χ1) is 11.9. The molecule has 0 heterocycles. The van der Waals surface area contributed by atoms with Crippen LogP contribution < -0.4 is 0 Å². The van der Waals surface area contributed by atoms with E-state index in [4.69, 9.17) is 11.2 Å². The largest absolute Gasteiger partial charge is 0.462 e. The van der Waals surface area contributed by atoms with Crippen molar-refractivity contribution in [1.29, 1.82) is 0 Å². The molecule has 0 bridgehead atoms. The van der Waals surface area contributed by atoms with Gasteiger partial charge in [-0.15, -0.1) is 6.42 Å². The SMILES string of the molecule is C#CC1C[C@H]2C(=CC1=O)CC[C@@H]1[C@@H]2CC[C@]2(C)[C@@H](OC(C)=O)CC[C@@H]12. The fourth-order valence-electron chi connectivity index (χ4n) is 6.68. The van der Waals surface area contributed by atoms with Crippen molar-refractivity contribution in [2.24, 2.45) is 35.0 Å². The number of hydrogen-bond donors (Lipinski definition) is 0. The van der Waals surface area contributed by atoms with Gasteiger partial charge in [0.05, 0.1) is 5.92 Å². The predicted molar refractivity (Wildman–Crippen MR) is 95.4 cm³/mol. The van der Waals surface area contributed by atoms with Gasteiger partial charge in [-0.25, -0.2) is 0 Å². The van der Waals surface area contributed by atoms with Crippen molar-refractivity contribution in [3.63, 3.8) is 0 Å². The highest BCUT2D eigenvalue weighted by Crippen LogP contribution is 2.62. The molecule has 0 saturated heterocycles. The van der Waals surface area contributed by atoms with E-state index in [1.54, 1.807) is 0 Å². The molecule has 3 nitrogen and oxygen atoms in total. The maximum Gasteiger partial charge on any atom is 0.302 e. The minimum Gasteiger partial charge on any atom is -0.462 e. The van der Waals surface area contributed by atoms with Gasteiger partial charge in [-0.05, 0) is 74.7 Å². The Bertz CT molecular complexity index is 669. The number of hydrogen-bond acceptors (Lipinski definition) is 3. The average molecular weight is 340 g/mol. The van der Waals surface area contributed by atoms with Gasteiger partial charge in [0.15, 0.2) is 5.78 Å². The molecule has 4 aliphatic carbocycles. The molecule has 0 aromatic rings. The zero-order valence-corrected chi connectivity index (χ0v) is 15.3. The summed E-state index contributed by atoms with van der Waals surface area (Å²) < 4.78 is 5.70. The van der Waals surface area contributed by atoms with Crippen molar-refractivity contribution in [2.75, 3.05) is 0 Å². The Balaban J connectivity index is 1.58. The third kappa shape index (κ3) is 2.57. The van der Waals surface area contributed by atoms with Gasteiger partial charge < -0.3 is 4.74 Å². The molecule has 4 rings (SSSR count). The number of terminal acetylenes is 1. The molecular formula is C22H28O3. The van der Waals surface area contributed by atoms with Crippen LogP contribution in [0.4, 0.5) is 0 Å². The summed E-state index contributed by atoms with van der Waals surface area (Å²) in [5, 5.41) is 0. The van der Waals surface area contributed by atoms with E-state index in [9.17, 15) is 9.59 Å². The molecule has 0 N–H and O–H groups in total. The number of fused-ring (bicyclic) bond motifs is 5. The van der Waals surface area contributed by atoms with Crippen molar-refractivity contribution in [3.05, 3.63) is 11.6 Å². The molecule has 3 heteroatoms. The Morgan fingerprint density at radius 1 is 1.28 bits per heavy atom. The van der Waals surface area contributed by atoms with Crippen LogP contribution >= 0.6 is 0 Å². The lowest BCUT2D eigenvalue weighted by Crippen LogP contribution is -2.48. The minimum atomic E-state index is -0.224. The maximum atomic E-state index is 12.2. The molecule has 25 heavy (non-hydrogen) atoms. The zero-order chi connectivity index (χ0) is 17.8. The third-order valence-electron chi connectivity index (χ3n) is 7.84. The van der Waals surface area contributed by atoms with Crippen LogP contribution in [0.25, 0.3) is 0 Å². The number of ether oxygens (including phenoxy) is 1. The van der Waals surface area contributed by atoms with Crippen molar-refractivity contribution >= 4 is 11.8 Å². The summed E-state index contributed by atoms with van der Waals surface area (Å²) >= 11 is 0. The summed E-state index contributed by atoms with van der Waals surface area (Å²) in [5.74, 6) is 4.96. The maximum absolute atomic E-state index is 12.2. The van der Waals surface area contributed by atoms with E-state index in [1.807, 2.05) is 6.08 Å². The normalized spacial score (nSPS) is 45.5. The molecule has 3 saturated carbocycles. The van der Waals surface area contributed by atoms with Crippen LogP contribution in [0.3, 0.4) is 0 Å². The van der Waals surface area contributed by atoms with Crippen molar-refractivity contribution in [1.82, 2.24) is 0 Å². The van der Waals surface area contributed by atoms with Crippen LogP contribution in [-0.2, 0) is 14.3 Å². The summed E-state index contributed by atoms with van der Waals surface area (Å²) in [6, 6.07) is 0. The standard InChI is InChI=1S/C22H28O3/c1-4-14-11-18-15(12-20(14)24)5-6-17-16(18)9-10-22(3)19(17)7-8-21(22)25-13(2)23/h1,12,14,16-19,21H,5-11H2,2-3H3/t14?,16-,17+,18-,19-,21-,22-/m0/s1. The van der Waals surface area contributed by atoms with Crippen LogP contribution in [-0.4, -0.2) is 17.9 Å². The Hall–Kier alpha value is -1.56. The summed E-state index contributed by atoms with van der Waals surface area (Å²) in [6.45, 7) is 3.87. The number of rotatable bonds is 1. The summed E-state index contributed by atoms with van der Waals surface area (Å²) in [4.78, 5) is 23.7. The molecule has 0 radical (unpaired) electrons. The Kier molecular flexibility index (Phi) is 4.06. The minimum absolute atomic E-state index is 0.0827. The first-order valence-electron chi connectivity index (χ1n) is 9.81. The fraction of sp³-hybridized carbons (Fsp3) is 0.727. The molecule has 7 atom stereocenters. The van der Waals surface area contributed by atoms with E-state index >= 15 is 0 Å². The van der Waals surface area contributed by atoms with Gasteiger partial charge >= 0.3 is 5.97 Å². The van der Waals surface area contributed by atoms with Crippen LogP contribution in [0.1, 0.15) is 58.8 Å². The fourth-order valence-corrected chi connectivity index (χ4v) is 6.68. The van der Waals surface area contributed by atoms with Crippen molar-refractivity contribution in [3.8, 4) is 12.3 Å². The predicted octanol–water partition coefficient (Wildman–Crippen LogP) is 3.92. The number of ketones is 1. The summed E-state index contributed by atoms with van der Waals surface area (Å²) in [7, 11) is 0. The second kappa shape index (κ2) is 6.01. The molecular weight excluding hydrogens is 312 g/mol. The second-order valence-electron chi connectivity index (χ2n) is 8.88. The van der Waals surface area contributed by atoms with Gasteiger partial charge in [0, 0.05) is 12.3 Å². The van der Waals surface area contributed by atoms with Gasteiger partial charge in [-0.3, -0.25) is 9.59 Å². The van der Waals surface area contributed by atoms with Gasteiger partial charge in [-0.2, -0.15) is 0 Å². The van der Waals surface area contributed by atoms with Crippen molar-refractivity contribution in [2.45, 2.75) is 64.9 Å². The highest BCUT2D eigenvalue weighted by molar-refractivity contribution is 5.95. The zero-order valence-electron chi connectivity index (χ0n) is 15.3. The van der Waals surface area contributed by atoms with Gasteiger partial charge in [0.25, 0.3) is 0 Å². The number of carbonyl (C=O) groups is 2. The summed E-state index contributed by atoms with van der Waals surface area (Å²) in [6.07, 6.45) is 15.1. The number of carbonyl (C=O) groups excluding carboxylic acids is 2. The monoisotopic (exact) mass is 340 g/mol. The van der Waals surface area contributed by atoms with Gasteiger partial charge in [0.2, 0.25) is 0 Å². The summed E-state index contributed by atoms with van der Waals surface area (Å²) in [5.41, 5.74) is 1.49. The molecule has 0 spiro atoms. The molecule has 1 unspecified atom stereocenters. The van der Waals surface area contributed by atoms with Crippen LogP contribution in [0, 0.1) is 47.3 Å². The van der Waals surface area contributed by atoms with Crippen LogP contribution in [0.15, 0.2) is 11.6 Å². The van der Waals surface area contributed by atoms with Crippen molar-refractivity contribution < 1.29 is 14.3 Å². The molecule has 134 valence electrons. The van der Waals surface area contributed by atoms with E-state index in [-0.39, 0.29) is 29.2 Å². The second-order valence-corrected chi connectivity index (χ2v) is 8.88. The van der Waals surface area contributed by atoms with Crippen LogP contribution in [0.5, 0.6) is 0 Å². The lowest BCUT2D eigenvalue weighted by molar-refractivity contribution is -0.156. The lowest BCUT2D eigenvalue weighted by Gasteiger charge is -2.53. The lowest BCUT2D eigenvalue weighted by atomic mass is 9.51. The smallest absolute Gasteiger partial charge is 0.302 e. The molecule has 0 aromatic heterocycles. The van der Waals surface area contributed by atoms with E-state index in [0.29, 0.717) is 23.7 Å². The molecule has 0 aliphatic heterocycles. The highest BCUT2D eigenvalue weighted by Gasteiger charge is 2.57. The quantitative estimate of drug-likeness (QED) is 0.537.